The lowest BCUT2D eigenvalue weighted by Crippen LogP contribution is -2.40. The molecule has 1 N–H and O–H groups in total. The summed E-state index contributed by atoms with van der Waals surface area (Å²) >= 11 is 0. The van der Waals surface area contributed by atoms with E-state index in [4.69, 9.17) is 14.7 Å². The van der Waals surface area contributed by atoms with Crippen molar-refractivity contribution in [3.8, 4) is 11.3 Å². The van der Waals surface area contributed by atoms with Gasteiger partial charge in [-0.05, 0) is 61.1 Å². The number of morpholine rings is 1. The van der Waals surface area contributed by atoms with Crippen molar-refractivity contribution >= 4 is 17.5 Å². The lowest BCUT2D eigenvalue weighted by Gasteiger charge is -2.27. The Kier molecular flexibility index (Phi) is 4.53. The molecule has 4 heterocycles. The fourth-order valence-corrected chi connectivity index (χ4v) is 5.39. The number of carbonyl (C=O) groups excluding carboxylic acids is 1. The SMILES string of the molecule is O=C(c1ccc2c(c1)N(c1ncc(-c3cc(C4(O)CC4)ccn3)cn1)CC21CC1)N1CCOCC1. The Morgan fingerprint density at radius 3 is 2.46 bits per heavy atom. The summed E-state index contributed by atoms with van der Waals surface area (Å²) in [6.07, 6.45) is 9.19. The van der Waals surface area contributed by atoms with Gasteiger partial charge in [0.25, 0.3) is 5.91 Å². The van der Waals surface area contributed by atoms with Gasteiger partial charge in [-0.3, -0.25) is 9.78 Å². The average Bonchev–Trinajstić information content (AvgIpc) is 3.83. The van der Waals surface area contributed by atoms with Gasteiger partial charge in [-0.1, -0.05) is 6.07 Å². The molecule has 2 aliphatic carbocycles. The number of pyridine rings is 1. The van der Waals surface area contributed by atoms with Crippen molar-refractivity contribution in [1.82, 2.24) is 19.9 Å². The number of benzene rings is 1. The summed E-state index contributed by atoms with van der Waals surface area (Å²) in [5.74, 6) is 0.680. The maximum absolute atomic E-state index is 13.1. The number of hydrogen-bond acceptors (Lipinski definition) is 7. The van der Waals surface area contributed by atoms with Gasteiger partial charge in [0.15, 0.2) is 0 Å². The molecule has 35 heavy (non-hydrogen) atoms. The van der Waals surface area contributed by atoms with E-state index in [1.165, 1.54) is 5.56 Å². The first kappa shape index (κ1) is 21.0. The van der Waals surface area contributed by atoms with Crippen LogP contribution in [0.15, 0.2) is 48.9 Å². The fourth-order valence-electron chi connectivity index (χ4n) is 5.39. The van der Waals surface area contributed by atoms with Gasteiger partial charge in [-0.2, -0.15) is 0 Å². The van der Waals surface area contributed by atoms with Crippen molar-refractivity contribution in [2.45, 2.75) is 36.7 Å². The molecule has 178 valence electrons. The second-order valence-electron chi connectivity index (χ2n) is 10.2. The van der Waals surface area contributed by atoms with Gasteiger partial charge < -0.3 is 19.6 Å². The summed E-state index contributed by atoms with van der Waals surface area (Å²) in [5, 5.41) is 10.5. The zero-order chi connectivity index (χ0) is 23.6. The van der Waals surface area contributed by atoms with Crippen LogP contribution < -0.4 is 4.90 Å². The molecule has 3 fully saturated rings. The van der Waals surface area contributed by atoms with E-state index in [1.54, 1.807) is 18.6 Å². The van der Waals surface area contributed by atoms with Crippen molar-refractivity contribution in [2.24, 2.45) is 0 Å². The van der Waals surface area contributed by atoms with Crippen molar-refractivity contribution in [3.63, 3.8) is 0 Å². The minimum atomic E-state index is -0.702. The summed E-state index contributed by atoms with van der Waals surface area (Å²) in [6.45, 7) is 3.26. The molecule has 2 aliphatic heterocycles. The van der Waals surface area contributed by atoms with Crippen LogP contribution in [0.1, 0.15) is 47.2 Å². The Morgan fingerprint density at radius 1 is 0.971 bits per heavy atom. The molecule has 2 aromatic heterocycles. The highest BCUT2D eigenvalue weighted by Gasteiger charge is 2.52. The molecule has 8 nitrogen and oxygen atoms in total. The molecule has 0 radical (unpaired) electrons. The van der Waals surface area contributed by atoms with Crippen LogP contribution in [0.4, 0.5) is 11.6 Å². The quantitative estimate of drug-likeness (QED) is 0.628. The average molecular weight is 470 g/mol. The molecule has 1 aromatic carbocycles. The van der Waals surface area contributed by atoms with Gasteiger partial charge in [-0.25, -0.2) is 9.97 Å². The van der Waals surface area contributed by atoms with Gasteiger partial charge in [0.2, 0.25) is 5.95 Å². The van der Waals surface area contributed by atoms with E-state index in [-0.39, 0.29) is 11.3 Å². The van der Waals surface area contributed by atoms with Gasteiger partial charge in [0.1, 0.15) is 0 Å². The second-order valence-corrected chi connectivity index (χ2v) is 10.2. The van der Waals surface area contributed by atoms with Crippen molar-refractivity contribution in [2.75, 3.05) is 37.7 Å². The number of carbonyl (C=O) groups is 1. The predicted molar refractivity (Wildman–Crippen MR) is 129 cm³/mol. The molecule has 1 amide bonds. The fraction of sp³-hybridized carbons (Fsp3) is 0.407. The predicted octanol–water partition coefficient (Wildman–Crippen LogP) is 3.18. The highest BCUT2D eigenvalue weighted by Crippen LogP contribution is 2.57. The number of nitrogens with zero attached hydrogens (tertiary/aromatic N) is 5. The van der Waals surface area contributed by atoms with Gasteiger partial charge in [0.05, 0.1) is 24.5 Å². The van der Waals surface area contributed by atoms with E-state index >= 15 is 0 Å². The van der Waals surface area contributed by atoms with Crippen molar-refractivity contribution in [1.29, 1.82) is 0 Å². The summed E-state index contributed by atoms with van der Waals surface area (Å²) < 4.78 is 5.40. The largest absolute Gasteiger partial charge is 0.385 e. The minimum Gasteiger partial charge on any atom is -0.385 e. The zero-order valence-corrected chi connectivity index (χ0v) is 19.5. The van der Waals surface area contributed by atoms with Gasteiger partial charge in [-0.15, -0.1) is 0 Å². The normalized spacial score (nSPS) is 21.2. The number of aliphatic hydroxyl groups is 1. The Hall–Kier alpha value is -3.36. The Bertz CT molecular complexity index is 1310. The Labute approximate surface area is 203 Å². The van der Waals surface area contributed by atoms with Gasteiger partial charge >= 0.3 is 0 Å². The lowest BCUT2D eigenvalue weighted by atomic mass is 9.97. The number of hydrogen-bond donors (Lipinski definition) is 1. The van der Waals surface area contributed by atoms with Crippen LogP contribution in [0, 0.1) is 0 Å². The summed E-state index contributed by atoms with van der Waals surface area (Å²) in [4.78, 5) is 31.0. The maximum atomic E-state index is 13.1. The number of ether oxygens (including phenoxy) is 1. The van der Waals surface area contributed by atoms with Crippen LogP contribution in [0.5, 0.6) is 0 Å². The molecule has 1 spiro atoms. The van der Waals surface area contributed by atoms with Crippen LogP contribution in [0.3, 0.4) is 0 Å². The van der Waals surface area contributed by atoms with E-state index in [0.717, 1.165) is 54.7 Å². The lowest BCUT2D eigenvalue weighted by molar-refractivity contribution is 0.0303. The second kappa shape index (κ2) is 7.57. The van der Waals surface area contributed by atoms with Crippen molar-refractivity contribution in [3.05, 3.63) is 65.6 Å². The molecular formula is C27H27N5O3. The van der Waals surface area contributed by atoms with E-state index in [9.17, 15) is 9.90 Å². The number of rotatable bonds is 4. The Balaban J connectivity index is 1.19. The third kappa shape index (κ3) is 3.51. The first-order valence-electron chi connectivity index (χ1n) is 12.4. The molecule has 8 heteroatoms. The smallest absolute Gasteiger partial charge is 0.254 e. The first-order valence-corrected chi connectivity index (χ1v) is 12.4. The van der Waals surface area contributed by atoms with Crippen LogP contribution in [0.2, 0.25) is 0 Å². The highest BCUT2D eigenvalue weighted by molar-refractivity contribution is 5.96. The summed E-state index contributed by atoms with van der Waals surface area (Å²) in [5.41, 5.74) is 4.93. The molecule has 7 rings (SSSR count). The minimum absolute atomic E-state index is 0.0485. The molecule has 0 atom stereocenters. The third-order valence-corrected chi connectivity index (χ3v) is 7.92. The van der Waals surface area contributed by atoms with Crippen LogP contribution in [0.25, 0.3) is 11.3 Å². The maximum Gasteiger partial charge on any atom is 0.254 e. The monoisotopic (exact) mass is 469 g/mol. The summed E-state index contributed by atoms with van der Waals surface area (Å²) in [7, 11) is 0. The Morgan fingerprint density at radius 2 is 1.74 bits per heavy atom. The van der Waals surface area contributed by atoms with E-state index < -0.39 is 5.60 Å². The number of fused-ring (bicyclic) bond motifs is 2. The third-order valence-electron chi connectivity index (χ3n) is 7.92. The number of anilines is 2. The number of amides is 1. The molecule has 0 unspecified atom stereocenters. The van der Waals surface area contributed by atoms with Crippen LogP contribution in [-0.2, 0) is 15.8 Å². The zero-order valence-electron chi connectivity index (χ0n) is 19.5. The van der Waals surface area contributed by atoms with Crippen LogP contribution in [-0.4, -0.2) is 63.7 Å². The standard InChI is InChI=1S/C27H27N5O3/c33-24(31-9-11-35-12-10-31)18-1-2-21-23(13-18)32(17-26(21)4-5-26)25-29-15-19(16-30-25)22-14-20(3-8-28-22)27(34)6-7-27/h1-3,8,13-16,34H,4-7,9-12,17H2. The first-order chi connectivity index (χ1) is 17.0. The van der Waals surface area contributed by atoms with Gasteiger partial charge in [0, 0.05) is 60.5 Å². The highest BCUT2D eigenvalue weighted by atomic mass is 16.5. The van der Waals surface area contributed by atoms with E-state index in [0.29, 0.717) is 37.8 Å². The van der Waals surface area contributed by atoms with E-state index in [1.807, 2.05) is 29.2 Å². The molecule has 2 saturated carbocycles. The topological polar surface area (TPSA) is 91.7 Å². The molecule has 3 aromatic rings. The molecular weight excluding hydrogens is 442 g/mol. The van der Waals surface area contributed by atoms with Crippen LogP contribution >= 0.6 is 0 Å². The summed E-state index contributed by atoms with van der Waals surface area (Å²) in [6, 6.07) is 9.91. The molecule has 0 bridgehead atoms. The van der Waals surface area contributed by atoms with E-state index in [2.05, 4.69) is 16.0 Å². The van der Waals surface area contributed by atoms with Crippen molar-refractivity contribution < 1.29 is 14.6 Å². The molecule has 1 saturated heterocycles. The number of aromatic nitrogens is 3. The molecule has 4 aliphatic rings.